The molecule has 1 unspecified atom stereocenters. The van der Waals surface area contributed by atoms with Gasteiger partial charge in [-0.25, -0.2) is 0 Å². The first kappa shape index (κ1) is 18.2. The van der Waals surface area contributed by atoms with Crippen LogP contribution in [-0.2, 0) is 4.79 Å². The van der Waals surface area contributed by atoms with Gasteiger partial charge in [0.2, 0.25) is 11.0 Å². The van der Waals surface area contributed by atoms with Crippen LogP contribution in [0.3, 0.4) is 0 Å². The maximum atomic E-state index is 12.3. The highest BCUT2D eigenvalue weighted by Crippen LogP contribution is 2.30. The molecule has 2 aromatic rings. The summed E-state index contributed by atoms with van der Waals surface area (Å²) in [7, 11) is 0. The SMILES string of the molecule is Cc1ccc(NC(=O)C(C)Sc2nnc(NC(C)C)s2)c(Br)c1. The molecule has 0 fully saturated rings. The van der Waals surface area contributed by atoms with Gasteiger partial charge in [0.25, 0.3) is 0 Å². The van der Waals surface area contributed by atoms with Crippen molar-refractivity contribution in [3.63, 3.8) is 0 Å². The van der Waals surface area contributed by atoms with Crippen molar-refractivity contribution in [1.82, 2.24) is 10.2 Å². The number of anilines is 2. The predicted octanol–water partition coefficient (Wildman–Crippen LogP) is 4.55. The van der Waals surface area contributed by atoms with Gasteiger partial charge in [0, 0.05) is 10.5 Å². The molecule has 1 aromatic carbocycles. The Morgan fingerprint density at radius 3 is 2.70 bits per heavy atom. The molecule has 0 saturated heterocycles. The fraction of sp³-hybridized carbons (Fsp3) is 0.400. The van der Waals surface area contributed by atoms with Crippen LogP contribution in [0.25, 0.3) is 0 Å². The van der Waals surface area contributed by atoms with Crippen molar-refractivity contribution in [3.8, 4) is 0 Å². The molecule has 5 nitrogen and oxygen atoms in total. The van der Waals surface area contributed by atoms with Gasteiger partial charge in [0.05, 0.1) is 10.9 Å². The van der Waals surface area contributed by atoms with E-state index >= 15 is 0 Å². The Kier molecular flexibility index (Phi) is 6.43. The molecule has 2 N–H and O–H groups in total. The Hall–Kier alpha value is -1.12. The van der Waals surface area contributed by atoms with E-state index in [1.54, 1.807) is 0 Å². The summed E-state index contributed by atoms with van der Waals surface area (Å²) in [5, 5.41) is 14.8. The van der Waals surface area contributed by atoms with Crippen molar-refractivity contribution in [2.45, 2.75) is 43.3 Å². The van der Waals surface area contributed by atoms with Crippen molar-refractivity contribution in [1.29, 1.82) is 0 Å². The fourth-order valence-electron chi connectivity index (χ4n) is 1.72. The van der Waals surface area contributed by atoms with E-state index in [-0.39, 0.29) is 11.2 Å². The molecule has 0 aliphatic heterocycles. The number of hydrogen-bond acceptors (Lipinski definition) is 6. The van der Waals surface area contributed by atoms with Crippen molar-refractivity contribution < 1.29 is 4.79 Å². The van der Waals surface area contributed by atoms with Crippen molar-refractivity contribution >= 4 is 55.8 Å². The number of amides is 1. The minimum Gasteiger partial charge on any atom is -0.358 e. The average molecular weight is 415 g/mol. The molecule has 0 spiro atoms. The lowest BCUT2D eigenvalue weighted by Crippen LogP contribution is -2.22. The molecular weight excluding hydrogens is 396 g/mol. The number of aromatic nitrogens is 2. The molecule has 0 aliphatic rings. The monoisotopic (exact) mass is 414 g/mol. The summed E-state index contributed by atoms with van der Waals surface area (Å²) in [6, 6.07) is 6.14. The van der Waals surface area contributed by atoms with E-state index in [1.807, 2.05) is 45.9 Å². The third-order valence-corrected chi connectivity index (χ3v) is 5.54. The highest BCUT2D eigenvalue weighted by atomic mass is 79.9. The topological polar surface area (TPSA) is 66.9 Å². The van der Waals surface area contributed by atoms with E-state index in [0.717, 1.165) is 25.2 Å². The van der Waals surface area contributed by atoms with Gasteiger partial charge in [0.1, 0.15) is 0 Å². The number of benzene rings is 1. The molecular formula is C15H19BrN4OS2. The zero-order valence-corrected chi connectivity index (χ0v) is 16.6. The number of thioether (sulfide) groups is 1. The number of nitrogens with zero attached hydrogens (tertiary/aromatic N) is 2. The summed E-state index contributed by atoms with van der Waals surface area (Å²) in [5.41, 5.74) is 1.91. The van der Waals surface area contributed by atoms with Gasteiger partial charge in [-0.2, -0.15) is 0 Å². The molecule has 23 heavy (non-hydrogen) atoms. The average Bonchev–Trinajstić information content (AvgIpc) is 2.88. The van der Waals surface area contributed by atoms with Gasteiger partial charge in [0.15, 0.2) is 4.34 Å². The number of nitrogens with one attached hydrogen (secondary N) is 2. The molecule has 1 heterocycles. The molecule has 124 valence electrons. The second-order valence-electron chi connectivity index (χ2n) is 5.40. The normalized spacial score (nSPS) is 12.3. The van der Waals surface area contributed by atoms with Crippen molar-refractivity contribution in [2.24, 2.45) is 0 Å². The quantitative estimate of drug-likeness (QED) is 0.678. The zero-order chi connectivity index (χ0) is 17.0. The molecule has 0 saturated carbocycles. The smallest absolute Gasteiger partial charge is 0.237 e. The van der Waals surface area contributed by atoms with Crippen LogP contribution in [-0.4, -0.2) is 27.4 Å². The molecule has 1 aromatic heterocycles. The van der Waals surface area contributed by atoms with Crippen LogP contribution in [0.15, 0.2) is 27.0 Å². The Morgan fingerprint density at radius 1 is 1.30 bits per heavy atom. The Morgan fingerprint density at radius 2 is 2.04 bits per heavy atom. The summed E-state index contributed by atoms with van der Waals surface area (Å²) in [5.74, 6) is -0.0619. The van der Waals surface area contributed by atoms with E-state index in [2.05, 4.69) is 36.8 Å². The van der Waals surface area contributed by atoms with Crippen molar-refractivity contribution in [3.05, 3.63) is 28.2 Å². The third-order valence-electron chi connectivity index (χ3n) is 2.85. The van der Waals surface area contributed by atoms with Crippen LogP contribution in [0.4, 0.5) is 10.8 Å². The highest BCUT2D eigenvalue weighted by molar-refractivity contribution is 9.10. The lowest BCUT2D eigenvalue weighted by atomic mass is 10.2. The standard InChI is InChI=1S/C15H19BrN4OS2/c1-8(2)17-14-19-20-15(23-14)22-10(4)13(21)18-12-6-5-9(3)7-11(12)16/h5-8,10H,1-4H3,(H,17,19)(H,18,21). The van der Waals surface area contributed by atoms with Crippen LogP contribution < -0.4 is 10.6 Å². The van der Waals surface area contributed by atoms with Gasteiger partial charge in [-0.3, -0.25) is 4.79 Å². The minimum absolute atomic E-state index is 0.0619. The van der Waals surface area contributed by atoms with E-state index in [4.69, 9.17) is 0 Å². The van der Waals surface area contributed by atoms with Crippen LogP contribution in [0, 0.1) is 6.92 Å². The number of aryl methyl sites for hydroxylation is 1. The van der Waals surface area contributed by atoms with Gasteiger partial charge in [-0.1, -0.05) is 29.2 Å². The first-order valence-electron chi connectivity index (χ1n) is 7.19. The molecule has 0 bridgehead atoms. The van der Waals surface area contributed by atoms with E-state index in [1.165, 1.54) is 23.1 Å². The van der Waals surface area contributed by atoms with Gasteiger partial charge < -0.3 is 10.6 Å². The lowest BCUT2D eigenvalue weighted by Gasteiger charge is -2.12. The molecule has 0 aliphatic carbocycles. The molecule has 8 heteroatoms. The van der Waals surface area contributed by atoms with E-state index < -0.39 is 0 Å². The summed E-state index contributed by atoms with van der Waals surface area (Å²) >= 11 is 6.33. The number of hydrogen-bond donors (Lipinski definition) is 2. The first-order valence-corrected chi connectivity index (χ1v) is 9.67. The third kappa shape index (κ3) is 5.47. The number of carbonyl (C=O) groups excluding carboxylic acids is 1. The Bertz CT molecular complexity index is 690. The fourth-order valence-corrected chi connectivity index (χ4v) is 4.36. The lowest BCUT2D eigenvalue weighted by molar-refractivity contribution is -0.115. The first-order chi connectivity index (χ1) is 10.8. The minimum atomic E-state index is -0.261. The Labute approximate surface area is 152 Å². The summed E-state index contributed by atoms with van der Waals surface area (Å²) in [6.07, 6.45) is 0. The van der Waals surface area contributed by atoms with Gasteiger partial charge in [-0.05, 0) is 61.3 Å². The van der Waals surface area contributed by atoms with Crippen LogP contribution in [0.5, 0.6) is 0 Å². The van der Waals surface area contributed by atoms with Crippen molar-refractivity contribution in [2.75, 3.05) is 10.6 Å². The van der Waals surface area contributed by atoms with Crippen LogP contribution >= 0.6 is 39.0 Å². The summed E-state index contributed by atoms with van der Waals surface area (Å²) in [6.45, 7) is 7.96. The second-order valence-corrected chi connectivity index (χ2v) is 8.82. The van der Waals surface area contributed by atoms with Gasteiger partial charge >= 0.3 is 0 Å². The number of halogens is 1. The van der Waals surface area contributed by atoms with E-state index in [9.17, 15) is 4.79 Å². The van der Waals surface area contributed by atoms with Gasteiger partial charge in [-0.15, -0.1) is 10.2 Å². The maximum absolute atomic E-state index is 12.3. The van der Waals surface area contributed by atoms with Crippen LogP contribution in [0.1, 0.15) is 26.3 Å². The molecule has 1 atom stereocenters. The summed E-state index contributed by atoms with van der Waals surface area (Å²) < 4.78 is 1.65. The molecule has 0 radical (unpaired) electrons. The van der Waals surface area contributed by atoms with Crippen LogP contribution in [0.2, 0.25) is 0 Å². The number of rotatable bonds is 6. The highest BCUT2D eigenvalue weighted by Gasteiger charge is 2.18. The molecule has 1 amide bonds. The maximum Gasteiger partial charge on any atom is 0.237 e. The second kappa shape index (κ2) is 8.12. The molecule has 2 rings (SSSR count). The summed E-state index contributed by atoms with van der Waals surface area (Å²) in [4.78, 5) is 12.3. The Balaban J connectivity index is 1.95. The predicted molar refractivity (Wildman–Crippen MR) is 101 cm³/mol. The largest absolute Gasteiger partial charge is 0.358 e. The number of carbonyl (C=O) groups is 1. The van der Waals surface area contributed by atoms with E-state index in [0.29, 0.717) is 6.04 Å². The zero-order valence-electron chi connectivity index (χ0n) is 13.4.